The molecule has 0 saturated carbocycles. The Labute approximate surface area is 164 Å². The van der Waals surface area contributed by atoms with Crippen molar-refractivity contribution in [1.82, 2.24) is 4.68 Å². The third-order valence-electron chi connectivity index (χ3n) is 5.00. The molecule has 2 unspecified atom stereocenters. The lowest BCUT2D eigenvalue weighted by Gasteiger charge is -2.39. The maximum atomic E-state index is 15.4. The molecule has 4 rings (SSSR count). The van der Waals surface area contributed by atoms with Gasteiger partial charge in [-0.25, -0.2) is 9.18 Å². The second-order valence-electron chi connectivity index (χ2n) is 7.26. The number of ether oxygens (including phenoxy) is 3. The Morgan fingerprint density at radius 3 is 2.62 bits per heavy atom. The van der Waals surface area contributed by atoms with Crippen LogP contribution in [0.4, 0.5) is 20.6 Å². The molecular formula is C18H21FN4O6. The van der Waals surface area contributed by atoms with Gasteiger partial charge in [-0.1, -0.05) is 0 Å². The van der Waals surface area contributed by atoms with Crippen molar-refractivity contribution < 1.29 is 28.5 Å². The molecule has 0 spiro atoms. The summed E-state index contributed by atoms with van der Waals surface area (Å²) in [6.45, 7) is 4.65. The van der Waals surface area contributed by atoms with Crippen LogP contribution in [0.1, 0.15) is 13.8 Å². The van der Waals surface area contributed by atoms with Crippen LogP contribution in [0.15, 0.2) is 11.0 Å². The Morgan fingerprint density at radius 2 is 2.00 bits per heavy atom. The lowest BCUT2D eigenvalue weighted by atomic mass is 10.1. The number of carbonyl (C=O) groups is 1. The molecule has 11 heteroatoms. The van der Waals surface area contributed by atoms with E-state index in [-0.39, 0.29) is 47.0 Å². The summed E-state index contributed by atoms with van der Waals surface area (Å²) in [5.41, 5.74) is 5.23. The van der Waals surface area contributed by atoms with Gasteiger partial charge >= 0.3 is 6.16 Å². The predicted molar refractivity (Wildman–Crippen MR) is 103 cm³/mol. The van der Waals surface area contributed by atoms with Crippen LogP contribution in [0.2, 0.25) is 0 Å². The SMILES string of the molecule is CC1CN(c2c(F)c(N)c3c(=O)c(OC(=O)O)cn4c3c2OCN4C)CC(C)O1. The number of pyridine rings is 1. The second-order valence-corrected chi connectivity index (χ2v) is 7.26. The molecule has 3 N–H and O–H groups in total. The van der Waals surface area contributed by atoms with Crippen molar-refractivity contribution >= 4 is 28.4 Å². The van der Waals surface area contributed by atoms with Gasteiger partial charge in [0.1, 0.15) is 11.2 Å². The van der Waals surface area contributed by atoms with Crippen LogP contribution < -0.4 is 30.5 Å². The molecule has 29 heavy (non-hydrogen) atoms. The molecular weight excluding hydrogens is 387 g/mol. The fourth-order valence-corrected chi connectivity index (χ4v) is 3.93. The van der Waals surface area contributed by atoms with Crippen LogP contribution >= 0.6 is 0 Å². The number of morpholine rings is 1. The Balaban J connectivity index is 2.04. The van der Waals surface area contributed by atoms with Gasteiger partial charge in [0.05, 0.1) is 29.5 Å². The summed E-state index contributed by atoms with van der Waals surface area (Å²) in [7, 11) is 1.66. The molecule has 1 fully saturated rings. The highest BCUT2D eigenvalue weighted by atomic mass is 19.1. The third-order valence-corrected chi connectivity index (χ3v) is 5.00. The lowest BCUT2D eigenvalue weighted by Crippen LogP contribution is -2.47. The maximum absolute atomic E-state index is 15.4. The van der Waals surface area contributed by atoms with E-state index in [1.807, 2.05) is 13.8 Å². The molecule has 10 nitrogen and oxygen atoms in total. The van der Waals surface area contributed by atoms with Gasteiger partial charge in [-0.3, -0.25) is 14.5 Å². The van der Waals surface area contributed by atoms with E-state index in [0.29, 0.717) is 13.1 Å². The summed E-state index contributed by atoms with van der Waals surface area (Å²) in [5.74, 6) is -1.10. The molecule has 2 aromatic rings. The van der Waals surface area contributed by atoms with Gasteiger partial charge in [0.2, 0.25) is 11.2 Å². The molecule has 2 aliphatic heterocycles. The lowest BCUT2D eigenvalue weighted by molar-refractivity contribution is -0.00554. The minimum absolute atomic E-state index is 0.0449. The van der Waals surface area contributed by atoms with Crippen LogP contribution in [0.5, 0.6) is 11.5 Å². The number of halogens is 1. The average Bonchev–Trinajstić information content (AvgIpc) is 2.62. The Kier molecular flexibility index (Phi) is 4.41. The highest BCUT2D eigenvalue weighted by Gasteiger charge is 2.34. The molecule has 0 amide bonds. The second kappa shape index (κ2) is 6.69. The van der Waals surface area contributed by atoms with Crippen molar-refractivity contribution in [3.8, 4) is 11.5 Å². The number of nitrogen functional groups attached to an aromatic ring is 1. The molecule has 1 aromatic heterocycles. The molecule has 1 aromatic carbocycles. The quantitative estimate of drug-likeness (QED) is 0.560. The number of carboxylic acid groups (broad SMARTS) is 1. The molecule has 2 aliphatic rings. The number of nitrogens with two attached hydrogens (primary N) is 1. The van der Waals surface area contributed by atoms with Gasteiger partial charge < -0.3 is 30.0 Å². The molecule has 0 radical (unpaired) electrons. The van der Waals surface area contributed by atoms with Gasteiger partial charge in [0.15, 0.2) is 18.3 Å². The van der Waals surface area contributed by atoms with Crippen molar-refractivity contribution in [3.05, 3.63) is 22.2 Å². The van der Waals surface area contributed by atoms with Crippen molar-refractivity contribution in [2.24, 2.45) is 0 Å². The zero-order valence-corrected chi connectivity index (χ0v) is 16.1. The zero-order valence-electron chi connectivity index (χ0n) is 16.1. The average molecular weight is 408 g/mol. The number of hydrogen-bond acceptors (Lipinski definition) is 8. The van der Waals surface area contributed by atoms with E-state index < -0.39 is 23.2 Å². The summed E-state index contributed by atoms with van der Waals surface area (Å²) < 4.78 is 33.0. The number of anilines is 2. The number of benzene rings is 1. The fourth-order valence-electron chi connectivity index (χ4n) is 3.93. The van der Waals surface area contributed by atoms with E-state index in [9.17, 15) is 9.59 Å². The Hall–Kier alpha value is -3.21. The first-order valence-electron chi connectivity index (χ1n) is 9.04. The van der Waals surface area contributed by atoms with E-state index in [0.717, 1.165) is 0 Å². The normalized spacial score (nSPS) is 21.2. The summed E-state index contributed by atoms with van der Waals surface area (Å²) in [6, 6.07) is 0. The Morgan fingerprint density at radius 1 is 1.34 bits per heavy atom. The predicted octanol–water partition coefficient (Wildman–Crippen LogP) is 1.31. The van der Waals surface area contributed by atoms with Crippen molar-refractivity contribution in [2.45, 2.75) is 26.1 Å². The van der Waals surface area contributed by atoms with Crippen LogP contribution in [0.3, 0.4) is 0 Å². The first kappa shape index (κ1) is 19.1. The highest BCUT2D eigenvalue weighted by Crippen LogP contribution is 2.44. The number of rotatable bonds is 2. The van der Waals surface area contributed by atoms with E-state index in [4.69, 9.17) is 20.3 Å². The summed E-state index contributed by atoms with van der Waals surface area (Å²) in [6.07, 6.45) is -0.698. The van der Waals surface area contributed by atoms with Crippen molar-refractivity contribution in [3.63, 3.8) is 0 Å². The number of hydrogen-bond donors (Lipinski definition) is 2. The monoisotopic (exact) mass is 408 g/mol. The minimum Gasteiger partial charge on any atom is -0.467 e. The molecule has 0 bridgehead atoms. The highest BCUT2D eigenvalue weighted by molar-refractivity contribution is 6.01. The van der Waals surface area contributed by atoms with E-state index in [2.05, 4.69) is 4.74 Å². The smallest absolute Gasteiger partial charge is 0.467 e. The molecule has 1 saturated heterocycles. The maximum Gasteiger partial charge on any atom is 0.511 e. The molecule has 3 heterocycles. The summed E-state index contributed by atoms with van der Waals surface area (Å²) in [5, 5.41) is 10.3. The van der Waals surface area contributed by atoms with Crippen LogP contribution in [0.25, 0.3) is 10.9 Å². The Bertz CT molecular complexity index is 1060. The van der Waals surface area contributed by atoms with E-state index in [1.165, 1.54) is 10.9 Å². The van der Waals surface area contributed by atoms with Gasteiger partial charge in [0.25, 0.3) is 0 Å². The van der Waals surface area contributed by atoms with Gasteiger partial charge in [-0.2, -0.15) is 0 Å². The van der Waals surface area contributed by atoms with E-state index in [1.54, 1.807) is 17.0 Å². The third kappa shape index (κ3) is 2.97. The van der Waals surface area contributed by atoms with Gasteiger partial charge in [-0.15, -0.1) is 0 Å². The largest absolute Gasteiger partial charge is 0.511 e. The summed E-state index contributed by atoms with van der Waals surface area (Å²) in [4.78, 5) is 25.6. The molecule has 2 atom stereocenters. The first-order chi connectivity index (χ1) is 13.7. The summed E-state index contributed by atoms with van der Waals surface area (Å²) >= 11 is 0. The van der Waals surface area contributed by atoms with Gasteiger partial charge in [0, 0.05) is 20.1 Å². The fraction of sp³-hybridized carbons (Fsp3) is 0.444. The topological polar surface area (TPSA) is 119 Å². The molecule has 156 valence electrons. The van der Waals surface area contributed by atoms with Gasteiger partial charge in [-0.05, 0) is 13.8 Å². The number of aromatic nitrogens is 1. The van der Waals surface area contributed by atoms with Crippen LogP contribution in [-0.2, 0) is 4.74 Å². The van der Waals surface area contributed by atoms with Crippen LogP contribution in [0, 0.1) is 5.82 Å². The minimum atomic E-state index is -1.66. The molecule has 0 aliphatic carbocycles. The standard InChI is InChI=1S/C18H21FN4O6/c1-8-4-22(5-9(2)28-8)15-12(19)13(20)11-14-17(15)27-7-21(3)23(14)6-10(16(11)24)29-18(25)26/h6,8-9H,4-5,7,20H2,1-3H3,(H,25,26). The zero-order chi connectivity index (χ0) is 21.0. The first-order valence-corrected chi connectivity index (χ1v) is 9.04. The van der Waals surface area contributed by atoms with E-state index >= 15 is 4.39 Å². The van der Waals surface area contributed by atoms with Crippen LogP contribution in [-0.4, -0.2) is 55.0 Å². The van der Waals surface area contributed by atoms with Crippen molar-refractivity contribution in [2.75, 3.05) is 42.5 Å². The number of nitrogens with zero attached hydrogens (tertiary/aromatic N) is 3. The van der Waals surface area contributed by atoms with Crippen molar-refractivity contribution in [1.29, 1.82) is 0 Å².